The Hall–Kier alpha value is -5.17. The molecule has 3 spiro atoms. The van der Waals surface area contributed by atoms with Crippen LogP contribution in [0.3, 0.4) is 0 Å². The number of ketones is 1. The summed E-state index contributed by atoms with van der Waals surface area (Å²) in [6.45, 7) is 37.9. The normalized spacial score (nSPS) is 48.6. The number of aliphatic hydroxyl groups is 3. The first kappa shape index (κ1) is 109. The second-order valence-corrected chi connectivity index (χ2v) is 58.7. The van der Waals surface area contributed by atoms with Crippen LogP contribution in [0, 0.1) is 196 Å². The van der Waals surface area contributed by atoms with Crippen LogP contribution in [0.2, 0.25) is 0 Å². The number of benzene rings is 1. The minimum absolute atomic E-state index is 0.00278. The second kappa shape index (κ2) is 41.4. The van der Waals surface area contributed by atoms with Crippen molar-refractivity contribution in [1.29, 1.82) is 0 Å². The summed E-state index contributed by atoms with van der Waals surface area (Å²) in [6.07, 6.45) is 60.3. The fourth-order valence-electron chi connectivity index (χ4n) is 43.3. The van der Waals surface area contributed by atoms with Crippen molar-refractivity contribution in [3.8, 4) is 0 Å². The maximum atomic E-state index is 12.8. The van der Waals surface area contributed by atoms with Crippen molar-refractivity contribution in [2.75, 3.05) is 13.7 Å². The Kier molecular flexibility index (Phi) is 30.6. The van der Waals surface area contributed by atoms with Crippen molar-refractivity contribution >= 4 is 58.5 Å². The van der Waals surface area contributed by atoms with E-state index in [4.69, 9.17) is 28.4 Å². The number of hydrogen-bond acceptors (Lipinski definition) is 18. The zero-order valence-electron chi connectivity index (χ0n) is 93.8. The molecule has 0 bridgehead atoms. The van der Waals surface area contributed by atoms with E-state index >= 15 is 0 Å². The largest absolute Gasteiger partial charge is 0.469 e. The van der Waals surface area contributed by atoms with Gasteiger partial charge in [0.2, 0.25) is 0 Å². The lowest BCUT2D eigenvalue weighted by Crippen LogP contribution is -2.60. The van der Waals surface area contributed by atoms with Gasteiger partial charge in [0, 0.05) is 66.4 Å². The number of aliphatic hydroxyl groups excluding tert-OH is 3. The zero-order chi connectivity index (χ0) is 104. The molecule has 17 saturated carbocycles. The van der Waals surface area contributed by atoms with E-state index in [-0.39, 0.29) is 132 Å². The van der Waals surface area contributed by atoms with Crippen molar-refractivity contribution < 1.29 is 82.1 Å². The highest BCUT2D eigenvalue weighted by Crippen LogP contribution is 2.77. The van der Waals surface area contributed by atoms with Gasteiger partial charge in [-0.1, -0.05) is 175 Å². The van der Waals surface area contributed by atoms with Gasteiger partial charge < -0.3 is 43.7 Å². The van der Waals surface area contributed by atoms with Crippen LogP contribution in [0.15, 0.2) is 65.3 Å². The molecular formula is C129H192O17S. The average molecular weight is 2050 g/mol. The number of allylic oxidation sites excluding steroid dienone is 3. The Morgan fingerprint density at radius 3 is 1.91 bits per heavy atom. The van der Waals surface area contributed by atoms with Crippen LogP contribution in [0.4, 0.5) is 0 Å². The SMILES string of the molecule is CC(=O)O[C@H]1CC2C(CC[C@H]3C[C@H](OC(=O)c4ccccc4)CC[C@]23C)C2CC[C@H]([C@H](C)CCCC(C)C)[C@]21C.CC(=O)S[C@@H]1CC2=CC(=O)CC[C@]2(C)C2CC[C@@]3(C)C(CC[C@@]34CCC(=O)O4)C21.COC(=O)CC[C@@H]1CC2C3CCC4=C[C@@H](O)CC[C@]4(C)C3CC[C@]2(C)C1.C[C@@H]1CCC(=O)O[C@@]12CCC1C3CC[C@H]4C[C@@H](O)CC[C@]4(C)C3CC[C@@]12C.C[C@H]1C(=O)OC[C@]23CCC4C(CC=C5C[C@@H](O)CC[C@@]54C)C2CC[C@H]13. The van der Waals surface area contributed by atoms with Crippen LogP contribution in [0.1, 0.15) is 436 Å². The van der Waals surface area contributed by atoms with Crippen molar-refractivity contribution in [1.82, 2.24) is 0 Å². The van der Waals surface area contributed by atoms with E-state index in [2.05, 4.69) is 109 Å². The number of ether oxygens (including phenoxy) is 6. The summed E-state index contributed by atoms with van der Waals surface area (Å²) in [4.78, 5) is 97.7. The molecule has 3 N–H and O–H groups in total. The van der Waals surface area contributed by atoms with Gasteiger partial charge in [-0.05, 0) is 456 Å². The van der Waals surface area contributed by atoms with E-state index in [9.17, 15) is 53.7 Å². The lowest BCUT2D eigenvalue weighted by molar-refractivity contribution is -0.213. The standard InChI is InChI=1S/C36H54O4.C24H32O4S.C24H38O3.C23H36O3.C22H32O3/c1-23(2)11-10-12-24(3)30-17-18-31-29-16-15-27-21-28(40-34(38)26-13-8-7-9-14-26)19-20-35(27,5)32(29)22-33(36(30,31)6)39-25(4)37;1-14(25)29-19-13-15-12-16(26)4-8-22(15,2)17-5-9-23(3)18(21(17)19)6-10-24(23)11-7-20(27)28-24;1-15-4-7-21(26)27-24(15)13-10-20-18-6-5-16-14-17(25)8-11-22(16,2)19(18)9-12-23(20,24)3;1-22-10-9-19-18(6-5-16-13-17(24)8-11-23(16,19)2)20(22)12-15(14-22)4-7-21(25)26-3;1-13-17-5-6-19-16-4-3-14-11-15(23)7-9-21(14,2)18(16)8-10-22(17,19)12-25-20(13)24/h7-9,13-14,23-24,27-33H,10-12,15-22H2,1-6H3;12,17-19,21H,4-11,13H2,1-3H3;15-20,25H,4-14H2,1-3H3;13,15,17-20,24H,4-12,14H2,1-3H3;3,13,15-19,23H,4-12H2,1-2H3/t24-,27+,28-,29?,30-,31?,32?,33+,35+,36-;17?,18?,19-,21?,22+,23+,24-;15-,16+,17+,18?,19?,20?,22+,23+,24+;15-,17+,18?,19?,20?,22-,23+;13-,15+,16?,17-,18?,19?,21+,22+/m11111/s1. The fraction of sp³-hybridized carbons (Fsp3) is 0.845. The maximum Gasteiger partial charge on any atom is 0.338 e. The van der Waals surface area contributed by atoms with E-state index < -0.39 is 0 Å². The molecule has 816 valence electrons. The van der Waals surface area contributed by atoms with Gasteiger partial charge in [0.1, 0.15) is 23.4 Å². The molecular weight excluding hydrogens is 1850 g/mol. The van der Waals surface area contributed by atoms with Crippen molar-refractivity contribution in [3.63, 3.8) is 0 Å². The molecule has 0 aromatic heterocycles. The quantitative estimate of drug-likeness (QED) is 0.0999. The predicted octanol–water partition coefficient (Wildman–Crippen LogP) is 27.8. The molecule has 0 radical (unpaired) electrons. The Bertz CT molecular complexity index is 5130. The van der Waals surface area contributed by atoms with Crippen LogP contribution in [0.25, 0.3) is 0 Å². The van der Waals surface area contributed by atoms with Crippen molar-refractivity contribution in [3.05, 3.63) is 70.8 Å². The molecule has 20 aliphatic carbocycles. The van der Waals surface area contributed by atoms with Crippen LogP contribution in [-0.4, -0.2) is 123 Å². The molecule has 23 aliphatic rings. The zero-order valence-corrected chi connectivity index (χ0v) is 94.6. The van der Waals surface area contributed by atoms with Gasteiger partial charge in [0.05, 0.1) is 43.5 Å². The van der Waals surface area contributed by atoms with Gasteiger partial charge in [-0.15, -0.1) is 0 Å². The van der Waals surface area contributed by atoms with Crippen molar-refractivity contribution in [2.24, 2.45) is 196 Å². The molecule has 20 fully saturated rings. The molecule has 147 heavy (non-hydrogen) atoms. The Balaban J connectivity index is 0.000000113. The highest BCUT2D eigenvalue weighted by atomic mass is 32.2. The highest BCUT2D eigenvalue weighted by molar-refractivity contribution is 8.14. The summed E-state index contributed by atoms with van der Waals surface area (Å²) >= 11 is 1.50. The molecule has 1 aromatic rings. The molecule has 3 aliphatic heterocycles. The second-order valence-electron chi connectivity index (χ2n) is 57.3. The topological polar surface area (TPSA) is 253 Å². The van der Waals surface area contributed by atoms with Gasteiger partial charge >= 0.3 is 35.8 Å². The van der Waals surface area contributed by atoms with Crippen molar-refractivity contribution in [2.45, 2.75) is 472 Å². The van der Waals surface area contributed by atoms with E-state index in [1.807, 2.05) is 36.4 Å². The molecule has 0 amide bonds. The summed E-state index contributed by atoms with van der Waals surface area (Å²) < 4.78 is 35.3. The number of fused-ring (bicyclic) bond motifs is 26. The molecule has 17 nitrogen and oxygen atoms in total. The number of rotatable bonds is 12. The molecule has 18 heteroatoms. The van der Waals surface area contributed by atoms with Crippen LogP contribution >= 0.6 is 11.8 Å². The van der Waals surface area contributed by atoms with Gasteiger partial charge in [0.25, 0.3) is 0 Å². The van der Waals surface area contributed by atoms with Crippen LogP contribution < -0.4 is 0 Å². The van der Waals surface area contributed by atoms with Gasteiger partial charge in [0.15, 0.2) is 10.9 Å². The number of methoxy groups -OCH3 is 1. The van der Waals surface area contributed by atoms with Gasteiger partial charge in [-0.25, -0.2) is 4.79 Å². The first-order chi connectivity index (χ1) is 69.8. The minimum atomic E-state index is -0.287. The number of esters is 6. The monoisotopic (exact) mass is 2050 g/mol. The van der Waals surface area contributed by atoms with Crippen LogP contribution in [-0.2, 0) is 62.0 Å². The molecule has 3 saturated heterocycles. The van der Waals surface area contributed by atoms with E-state index in [1.54, 1.807) is 25.0 Å². The summed E-state index contributed by atoms with van der Waals surface area (Å²) in [7, 11) is 1.50. The third-order valence-electron chi connectivity index (χ3n) is 51.0. The Labute approximate surface area is 888 Å². The Morgan fingerprint density at radius 1 is 0.517 bits per heavy atom. The number of thioether (sulfide) groups is 1. The van der Waals surface area contributed by atoms with Crippen LogP contribution in [0.5, 0.6) is 0 Å². The number of carbonyl (C=O) groups excluding carboxylic acids is 8. The van der Waals surface area contributed by atoms with Gasteiger partial charge in [-0.3, -0.25) is 33.6 Å². The van der Waals surface area contributed by atoms with E-state index in [0.29, 0.717) is 142 Å². The first-order valence-electron chi connectivity index (χ1n) is 60.8. The lowest BCUT2D eigenvalue weighted by atomic mass is 9.43. The van der Waals surface area contributed by atoms with Gasteiger partial charge in [-0.2, -0.15) is 0 Å². The molecule has 3 heterocycles. The molecule has 15 unspecified atom stereocenters. The summed E-state index contributed by atoms with van der Waals surface area (Å²) in [5, 5.41) is 30.9. The number of hydrogen-bond donors (Lipinski definition) is 3. The smallest absolute Gasteiger partial charge is 0.338 e. The molecule has 24 rings (SSSR count). The predicted molar refractivity (Wildman–Crippen MR) is 575 cm³/mol. The number of cyclic esters (lactones) is 1. The third kappa shape index (κ3) is 18.8. The highest BCUT2D eigenvalue weighted by Gasteiger charge is 2.74. The molecule has 1 aromatic carbocycles. The summed E-state index contributed by atoms with van der Waals surface area (Å²) in [6, 6.07) is 9.40. The maximum absolute atomic E-state index is 12.8. The number of carbonyl (C=O) groups is 8. The summed E-state index contributed by atoms with van der Waals surface area (Å²) in [5.41, 5.74) is 6.91. The minimum Gasteiger partial charge on any atom is -0.469 e. The summed E-state index contributed by atoms with van der Waals surface area (Å²) in [5.74, 6) is 15.6. The fourth-order valence-corrected chi connectivity index (χ4v) is 44.6. The lowest BCUT2D eigenvalue weighted by Gasteiger charge is -2.62. The van der Waals surface area contributed by atoms with E-state index in [1.165, 1.54) is 179 Å². The average Bonchev–Trinajstić information content (AvgIpc) is 1.55. The van der Waals surface area contributed by atoms with E-state index in [0.717, 1.165) is 188 Å². The Morgan fingerprint density at radius 2 is 1.17 bits per heavy atom. The first-order valence-corrected chi connectivity index (χ1v) is 61.7. The molecule has 41 atom stereocenters. The third-order valence-corrected chi connectivity index (χ3v) is 52.2.